The Balaban J connectivity index is 1.77. The molecule has 2 aromatic rings. The van der Waals surface area contributed by atoms with Crippen LogP contribution in [-0.2, 0) is 11.8 Å². The molecule has 5 heteroatoms. The largest absolute Gasteiger partial charge is 0.494 e. The van der Waals surface area contributed by atoms with Crippen LogP contribution in [0.1, 0.15) is 36.8 Å². The Hall–Kier alpha value is -2.87. The molecule has 0 saturated carbocycles. The van der Waals surface area contributed by atoms with Gasteiger partial charge in [-0.3, -0.25) is 0 Å². The first-order chi connectivity index (χ1) is 14.7. The highest BCUT2D eigenvalue weighted by atomic mass is 16.5. The predicted molar refractivity (Wildman–Crippen MR) is 119 cm³/mol. The number of rotatable bonds is 5. The Morgan fingerprint density at radius 3 is 2.50 bits per heavy atom. The van der Waals surface area contributed by atoms with Crippen LogP contribution < -0.4 is 19.3 Å². The summed E-state index contributed by atoms with van der Waals surface area (Å²) < 4.78 is 12.0. The van der Waals surface area contributed by atoms with Crippen molar-refractivity contribution in [1.82, 2.24) is 0 Å². The first-order valence-corrected chi connectivity index (χ1v) is 11.0. The summed E-state index contributed by atoms with van der Waals surface area (Å²) in [7, 11) is 3.49. The van der Waals surface area contributed by atoms with Crippen LogP contribution in [0.2, 0.25) is 0 Å². The zero-order chi connectivity index (χ0) is 20.7. The van der Waals surface area contributed by atoms with Gasteiger partial charge in [0.2, 0.25) is 0 Å². The minimum atomic E-state index is -0.651. The van der Waals surface area contributed by atoms with Crippen LogP contribution in [0.4, 0.5) is 11.4 Å². The normalized spacial score (nSPS) is 24.5. The Morgan fingerprint density at radius 2 is 1.83 bits per heavy atom. The highest BCUT2D eigenvalue weighted by molar-refractivity contribution is 5.84. The van der Waals surface area contributed by atoms with Gasteiger partial charge in [-0.1, -0.05) is 30.3 Å². The van der Waals surface area contributed by atoms with E-state index in [0.717, 1.165) is 60.9 Å². The van der Waals surface area contributed by atoms with Gasteiger partial charge in [-0.2, -0.15) is 5.26 Å². The second-order valence-corrected chi connectivity index (χ2v) is 8.65. The molecule has 3 heterocycles. The zero-order valence-electron chi connectivity index (χ0n) is 17.9. The van der Waals surface area contributed by atoms with Gasteiger partial charge in [-0.05, 0) is 37.7 Å². The molecular weight excluding hydrogens is 374 g/mol. The molecule has 5 rings (SSSR count). The first kappa shape index (κ1) is 19.1. The summed E-state index contributed by atoms with van der Waals surface area (Å²) >= 11 is 0. The average Bonchev–Trinajstić information content (AvgIpc) is 3.52. The van der Waals surface area contributed by atoms with E-state index in [4.69, 9.17) is 9.47 Å². The molecule has 0 unspecified atom stereocenters. The van der Waals surface area contributed by atoms with Crippen LogP contribution in [0.5, 0.6) is 11.5 Å². The summed E-state index contributed by atoms with van der Waals surface area (Å²) in [5, 5.41) is 10.7. The number of fused-ring (bicyclic) bond motifs is 3. The molecule has 0 radical (unpaired) electrons. The summed E-state index contributed by atoms with van der Waals surface area (Å²) in [4.78, 5) is 4.80. The van der Waals surface area contributed by atoms with E-state index < -0.39 is 5.41 Å². The fraction of sp³-hybridized carbons (Fsp3) is 0.480. The van der Waals surface area contributed by atoms with Gasteiger partial charge in [0.1, 0.15) is 16.9 Å². The van der Waals surface area contributed by atoms with Crippen molar-refractivity contribution in [1.29, 1.82) is 5.26 Å². The van der Waals surface area contributed by atoms with E-state index in [1.165, 1.54) is 18.4 Å². The highest BCUT2D eigenvalue weighted by Gasteiger charge is 2.56. The second-order valence-electron chi connectivity index (χ2n) is 8.65. The fourth-order valence-electron chi connectivity index (χ4n) is 5.88. The molecule has 0 spiro atoms. The van der Waals surface area contributed by atoms with Gasteiger partial charge in [0.15, 0.2) is 0 Å². The predicted octanol–water partition coefficient (Wildman–Crippen LogP) is 4.29. The second kappa shape index (κ2) is 7.43. The van der Waals surface area contributed by atoms with E-state index in [2.05, 4.69) is 46.2 Å². The lowest BCUT2D eigenvalue weighted by molar-refractivity contribution is 0.386. The lowest BCUT2D eigenvalue weighted by atomic mass is 9.72. The van der Waals surface area contributed by atoms with Crippen molar-refractivity contribution in [2.45, 2.75) is 43.6 Å². The lowest BCUT2D eigenvalue weighted by Gasteiger charge is -2.31. The molecule has 3 aliphatic heterocycles. The molecule has 156 valence electrons. The van der Waals surface area contributed by atoms with Crippen LogP contribution in [-0.4, -0.2) is 39.9 Å². The van der Waals surface area contributed by atoms with Gasteiger partial charge in [-0.15, -0.1) is 0 Å². The van der Waals surface area contributed by atoms with Crippen molar-refractivity contribution in [3.05, 3.63) is 47.5 Å². The van der Waals surface area contributed by atoms with Gasteiger partial charge in [0, 0.05) is 31.3 Å². The molecule has 2 saturated heterocycles. The average molecular weight is 404 g/mol. The molecule has 5 nitrogen and oxygen atoms in total. The maximum absolute atomic E-state index is 10.7. The van der Waals surface area contributed by atoms with Crippen molar-refractivity contribution in [2.24, 2.45) is 0 Å². The van der Waals surface area contributed by atoms with Crippen molar-refractivity contribution < 1.29 is 9.47 Å². The fourth-order valence-corrected chi connectivity index (χ4v) is 5.88. The molecule has 2 fully saturated rings. The number of nitriles is 1. The van der Waals surface area contributed by atoms with E-state index >= 15 is 0 Å². The highest BCUT2D eigenvalue weighted by Crippen LogP contribution is 2.60. The standard InChI is InChI=1S/C25H29N3O2/c1-29-20-15-19(27-12-6-7-13-27)24(30-2)22-23(20)28-14-8-11-21(28)25(22,17-26)16-18-9-4-3-5-10-18/h3-5,9-10,15,21H,6-8,11-14,16H2,1-2H3/t21-,25-/m1/s1. The van der Waals surface area contributed by atoms with E-state index in [-0.39, 0.29) is 6.04 Å². The topological polar surface area (TPSA) is 48.7 Å². The molecule has 2 atom stereocenters. The smallest absolute Gasteiger partial charge is 0.149 e. The number of ether oxygens (including phenoxy) is 2. The number of methoxy groups -OCH3 is 2. The number of hydrogen-bond acceptors (Lipinski definition) is 5. The number of anilines is 2. The van der Waals surface area contributed by atoms with Crippen LogP contribution >= 0.6 is 0 Å². The quantitative estimate of drug-likeness (QED) is 0.745. The van der Waals surface area contributed by atoms with E-state index in [0.29, 0.717) is 6.42 Å². The molecule has 3 aliphatic rings. The van der Waals surface area contributed by atoms with Gasteiger partial charge >= 0.3 is 0 Å². The molecule has 0 bridgehead atoms. The number of hydrogen-bond donors (Lipinski definition) is 0. The molecule has 0 aromatic heterocycles. The van der Waals surface area contributed by atoms with Crippen LogP contribution in [0.25, 0.3) is 0 Å². The van der Waals surface area contributed by atoms with E-state index in [1.807, 2.05) is 6.07 Å². The van der Waals surface area contributed by atoms with E-state index in [1.54, 1.807) is 14.2 Å². The Kier molecular flexibility index (Phi) is 4.73. The third kappa shape index (κ3) is 2.66. The molecule has 0 aliphatic carbocycles. The zero-order valence-corrected chi connectivity index (χ0v) is 17.9. The van der Waals surface area contributed by atoms with Gasteiger partial charge in [0.05, 0.1) is 37.7 Å². The van der Waals surface area contributed by atoms with Crippen molar-refractivity contribution in [3.8, 4) is 17.6 Å². The molecule has 2 aromatic carbocycles. The molecule has 0 amide bonds. The third-order valence-corrected chi connectivity index (χ3v) is 7.15. The minimum absolute atomic E-state index is 0.148. The van der Waals surface area contributed by atoms with Crippen molar-refractivity contribution in [2.75, 3.05) is 43.7 Å². The van der Waals surface area contributed by atoms with Crippen LogP contribution in [0.15, 0.2) is 36.4 Å². The first-order valence-electron chi connectivity index (χ1n) is 11.0. The number of benzene rings is 2. The summed E-state index contributed by atoms with van der Waals surface area (Å²) in [6, 6.07) is 15.5. The van der Waals surface area contributed by atoms with Gasteiger partial charge in [0.25, 0.3) is 0 Å². The molecule has 0 N–H and O–H groups in total. The van der Waals surface area contributed by atoms with Gasteiger partial charge < -0.3 is 19.3 Å². The monoisotopic (exact) mass is 403 g/mol. The minimum Gasteiger partial charge on any atom is -0.494 e. The maximum atomic E-state index is 10.7. The third-order valence-electron chi connectivity index (χ3n) is 7.15. The summed E-state index contributed by atoms with van der Waals surface area (Å²) in [6.45, 7) is 2.99. The summed E-state index contributed by atoms with van der Waals surface area (Å²) in [5.74, 6) is 1.73. The molecular formula is C25H29N3O2. The summed E-state index contributed by atoms with van der Waals surface area (Å²) in [6.07, 6.45) is 5.17. The van der Waals surface area contributed by atoms with Crippen molar-refractivity contribution >= 4 is 11.4 Å². The molecule has 30 heavy (non-hydrogen) atoms. The Morgan fingerprint density at radius 1 is 1.07 bits per heavy atom. The van der Waals surface area contributed by atoms with Crippen LogP contribution in [0.3, 0.4) is 0 Å². The van der Waals surface area contributed by atoms with Crippen molar-refractivity contribution in [3.63, 3.8) is 0 Å². The summed E-state index contributed by atoms with van der Waals surface area (Å²) in [5.41, 5.74) is 3.70. The van der Waals surface area contributed by atoms with Crippen LogP contribution in [0, 0.1) is 11.3 Å². The Bertz CT molecular complexity index is 978. The number of nitrogens with zero attached hydrogens (tertiary/aromatic N) is 3. The maximum Gasteiger partial charge on any atom is 0.149 e. The van der Waals surface area contributed by atoms with E-state index in [9.17, 15) is 5.26 Å². The lowest BCUT2D eigenvalue weighted by Crippen LogP contribution is -2.42. The van der Waals surface area contributed by atoms with Gasteiger partial charge in [-0.25, -0.2) is 0 Å². The SMILES string of the molecule is COc1cc(N2CCCC2)c(OC)c2c1N1CCC[C@@H]1[C@]2(C#N)Cc1ccccc1. The Labute approximate surface area is 178 Å².